The fraction of sp³-hybridized carbons (Fsp3) is 0.455. The molecule has 0 saturated carbocycles. The van der Waals surface area contributed by atoms with Gasteiger partial charge in [-0.05, 0) is 18.9 Å². The Kier molecular flexibility index (Phi) is 3.76. The second-order valence-electron chi connectivity index (χ2n) is 3.60. The third-order valence-corrected chi connectivity index (χ3v) is 2.25. The number of aliphatic hydroxyl groups is 1. The molecule has 0 bridgehead atoms. The van der Waals surface area contributed by atoms with Crippen molar-refractivity contribution in [2.45, 2.75) is 25.4 Å². The van der Waals surface area contributed by atoms with Crippen molar-refractivity contribution in [1.29, 1.82) is 0 Å². The van der Waals surface area contributed by atoms with E-state index in [4.69, 9.17) is 11.6 Å². The van der Waals surface area contributed by atoms with E-state index in [9.17, 15) is 5.11 Å². The molecular weight excluding hydrogens is 184 g/mol. The highest BCUT2D eigenvalue weighted by atomic mass is 35.5. The second-order valence-corrected chi connectivity index (χ2v) is 3.98. The van der Waals surface area contributed by atoms with E-state index >= 15 is 0 Å². The van der Waals surface area contributed by atoms with Gasteiger partial charge in [-0.3, -0.25) is 0 Å². The van der Waals surface area contributed by atoms with Gasteiger partial charge in [-0.1, -0.05) is 30.3 Å². The van der Waals surface area contributed by atoms with Crippen molar-refractivity contribution in [1.82, 2.24) is 0 Å². The maximum absolute atomic E-state index is 9.88. The maximum atomic E-state index is 9.88. The average Bonchev–Trinajstić information content (AvgIpc) is 2.04. The van der Waals surface area contributed by atoms with Crippen molar-refractivity contribution >= 4 is 11.6 Å². The van der Waals surface area contributed by atoms with Crippen LogP contribution in [-0.2, 0) is 6.42 Å². The molecule has 72 valence electrons. The lowest BCUT2D eigenvalue weighted by atomic mass is 9.94. The molecule has 1 aromatic carbocycles. The largest absolute Gasteiger partial charge is 0.390 e. The third-order valence-electron chi connectivity index (χ3n) is 2.06. The molecule has 1 nitrogen and oxygen atoms in total. The molecule has 0 fully saturated rings. The summed E-state index contributed by atoms with van der Waals surface area (Å²) in [5.74, 6) is 0.500. The van der Waals surface area contributed by atoms with Crippen molar-refractivity contribution in [3.8, 4) is 0 Å². The van der Waals surface area contributed by atoms with Crippen LogP contribution in [0.2, 0.25) is 0 Å². The monoisotopic (exact) mass is 198 g/mol. The Morgan fingerprint density at radius 3 is 2.46 bits per heavy atom. The molecule has 2 heteroatoms. The summed E-state index contributed by atoms with van der Waals surface area (Å²) in [4.78, 5) is 0. The summed E-state index contributed by atoms with van der Waals surface area (Å²) in [6.07, 6.45) is 1.30. The van der Waals surface area contributed by atoms with Gasteiger partial charge in [0.25, 0.3) is 0 Å². The Hall–Kier alpha value is -0.530. The molecule has 0 amide bonds. The van der Waals surface area contributed by atoms with Crippen LogP contribution in [0, 0.1) is 0 Å². The van der Waals surface area contributed by atoms with E-state index in [-0.39, 0.29) is 0 Å². The molecule has 0 aliphatic rings. The molecule has 1 rings (SSSR count). The predicted molar refractivity (Wildman–Crippen MR) is 56.1 cm³/mol. The van der Waals surface area contributed by atoms with Crippen molar-refractivity contribution in [2.24, 2.45) is 0 Å². The van der Waals surface area contributed by atoms with Gasteiger partial charge in [0.15, 0.2) is 0 Å². The van der Waals surface area contributed by atoms with E-state index in [2.05, 4.69) is 0 Å². The predicted octanol–water partition coefficient (Wildman–Crippen LogP) is 2.61. The van der Waals surface area contributed by atoms with Crippen LogP contribution >= 0.6 is 11.6 Å². The van der Waals surface area contributed by atoms with Crippen LogP contribution in [0.3, 0.4) is 0 Å². The molecule has 1 atom stereocenters. The molecule has 0 saturated heterocycles. The Morgan fingerprint density at radius 1 is 1.31 bits per heavy atom. The number of halogens is 1. The van der Waals surface area contributed by atoms with Crippen LogP contribution in [0.1, 0.15) is 18.9 Å². The highest BCUT2D eigenvalue weighted by molar-refractivity contribution is 6.17. The summed E-state index contributed by atoms with van der Waals surface area (Å²) >= 11 is 5.59. The zero-order valence-electron chi connectivity index (χ0n) is 7.83. The van der Waals surface area contributed by atoms with E-state index in [1.54, 1.807) is 0 Å². The van der Waals surface area contributed by atoms with Gasteiger partial charge < -0.3 is 5.11 Å². The summed E-state index contributed by atoms with van der Waals surface area (Å²) in [6.45, 7) is 1.82. The van der Waals surface area contributed by atoms with Gasteiger partial charge in [-0.25, -0.2) is 0 Å². The molecule has 0 aromatic heterocycles. The van der Waals surface area contributed by atoms with Crippen LogP contribution in [0.4, 0.5) is 0 Å². The highest BCUT2D eigenvalue weighted by Crippen LogP contribution is 2.17. The van der Waals surface area contributed by atoms with E-state index in [1.807, 2.05) is 37.3 Å². The molecule has 0 spiro atoms. The lowest BCUT2D eigenvalue weighted by Crippen LogP contribution is -2.27. The number of benzene rings is 1. The van der Waals surface area contributed by atoms with Crippen LogP contribution in [0.5, 0.6) is 0 Å². The summed E-state index contributed by atoms with van der Waals surface area (Å²) in [7, 11) is 0. The zero-order chi connectivity index (χ0) is 9.73. The van der Waals surface area contributed by atoms with Crippen molar-refractivity contribution in [3.63, 3.8) is 0 Å². The smallest absolute Gasteiger partial charge is 0.0671 e. The fourth-order valence-corrected chi connectivity index (χ4v) is 1.73. The lowest BCUT2D eigenvalue weighted by molar-refractivity contribution is 0.0574. The quantitative estimate of drug-likeness (QED) is 0.738. The molecule has 1 N–H and O–H groups in total. The van der Waals surface area contributed by atoms with Crippen LogP contribution in [-0.4, -0.2) is 16.6 Å². The first-order valence-electron chi connectivity index (χ1n) is 4.46. The van der Waals surface area contributed by atoms with Gasteiger partial charge in [-0.2, -0.15) is 0 Å². The SMILES string of the molecule is CC(O)(CCCl)Cc1ccccc1. The summed E-state index contributed by atoms with van der Waals surface area (Å²) in [5.41, 5.74) is 0.473. The number of rotatable bonds is 4. The molecule has 0 aliphatic carbocycles. The topological polar surface area (TPSA) is 20.2 Å². The Balaban J connectivity index is 2.58. The minimum Gasteiger partial charge on any atom is -0.390 e. The van der Waals surface area contributed by atoms with Gasteiger partial charge in [-0.15, -0.1) is 11.6 Å². The number of hydrogen-bond donors (Lipinski definition) is 1. The standard InChI is InChI=1S/C11H15ClO/c1-11(13,7-8-12)9-10-5-3-2-4-6-10/h2-6,13H,7-9H2,1H3. The van der Waals surface area contributed by atoms with Crippen LogP contribution < -0.4 is 0 Å². The highest BCUT2D eigenvalue weighted by Gasteiger charge is 2.19. The Labute approximate surface area is 84.4 Å². The Morgan fingerprint density at radius 2 is 1.92 bits per heavy atom. The van der Waals surface area contributed by atoms with Gasteiger partial charge in [0, 0.05) is 12.3 Å². The van der Waals surface area contributed by atoms with E-state index in [0.717, 1.165) is 5.56 Å². The van der Waals surface area contributed by atoms with Gasteiger partial charge in [0.2, 0.25) is 0 Å². The zero-order valence-corrected chi connectivity index (χ0v) is 8.59. The molecule has 0 heterocycles. The average molecular weight is 199 g/mol. The van der Waals surface area contributed by atoms with Gasteiger partial charge >= 0.3 is 0 Å². The van der Waals surface area contributed by atoms with Gasteiger partial charge in [0.1, 0.15) is 0 Å². The van der Waals surface area contributed by atoms with Gasteiger partial charge in [0.05, 0.1) is 5.60 Å². The molecule has 0 radical (unpaired) electrons. The van der Waals surface area contributed by atoms with E-state index in [0.29, 0.717) is 18.7 Å². The molecule has 1 aromatic rings. The fourth-order valence-electron chi connectivity index (χ4n) is 1.33. The molecular formula is C11H15ClO. The van der Waals surface area contributed by atoms with Crippen molar-refractivity contribution < 1.29 is 5.11 Å². The summed E-state index contributed by atoms with van der Waals surface area (Å²) < 4.78 is 0. The summed E-state index contributed by atoms with van der Waals surface area (Å²) in [5, 5.41) is 9.88. The Bertz CT molecular complexity index is 244. The lowest BCUT2D eigenvalue weighted by Gasteiger charge is -2.21. The van der Waals surface area contributed by atoms with E-state index < -0.39 is 5.60 Å². The first-order valence-corrected chi connectivity index (χ1v) is 5.00. The molecule has 13 heavy (non-hydrogen) atoms. The maximum Gasteiger partial charge on any atom is 0.0671 e. The third kappa shape index (κ3) is 3.79. The molecule has 1 unspecified atom stereocenters. The first kappa shape index (κ1) is 10.6. The second kappa shape index (κ2) is 4.64. The van der Waals surface area contributed by atoms with Crippen molar-refractivity contribution in [2.75, 3.05) is 5.88 Å². The number of alkyl halides is 1. The molecule has 0 aliphatic heterocycles. The minimum absolute atomic E-state index is 0.500. The normalized spacial score (nSPS) is 15.3. The number of hydrogen-bond acceptors (Lipinski definition) is 1. The first-order chi connectivity index (χ1) is 6.14. The van der Waals surface area contributed by atoms with Crippen molar-refractivity contribution in [3.05, 3.63) is 35.9 Å². The summed E-state index contributed by atoms with van der Waals surface area (Å²) in [6, 6.07) is 9.96. The van der Waals surface area contributed by atoms with Crippen LogP contribution in [0.25, 0.3) is 0 Å². The van der Waals surface area contributed by atoms with Crippen LogP contribution in [0.15, 0.2) is 30.3 Å². The minimum atomic E-state index is -0.677. The van der Waals surface area contributed by atoms with E-state index in [1.165, 1.54) is 0 Å².